The molecule has 7 nitrogen and oxygen atoms in total. The van der Waals surface area contributed by atoms with Gasteiger partial charge >= 0.3 is 0 Å². The van der Waals surface area contributed by atoms with Gasteiger partial charge in [0.25, 0.3) is 0 Å². The highest BCUT2D eigenvalue weighted by atomic mass is 127. The minimum atomic E-state index is -3.52. The Bertz CT molecular complexity index is 822. The zero-order chi connectivity index (χ0) is 17.6. The number of rotatable bonds is 7. The summed E-state index contributed by atoms with van der Waals surface area (Å²) >= 11 is 0. The Morgan fingerprint density at radius 1 is 1.36 bits per heavy atom. The molecule has 0 spiro atoms. The van der Waals surface area contributed by atoms with E-state index < -0.39 is 10.0 Å². The molecule has 1 aromatic heterocycles. The standard InChI is InChI=1S/C15H22FN5O2S.HI/c1-2-18-15(20-7-8-24(17,22)23)19-6-5-11-10-21-14-9-12(16)3-4-13(11)14;/h3-4,9-10,21H,2,5-8H2,1H3,(H2,17,22,23)(H2,18,19,20);1H. The summed E-state index contributed by atoms with van der Waals surface area (Å²) in [5.41, 5.74) is 1.83. The number of fused-ring (bicyclic) bond motifs is 1. The lowest BCUT2D eigenvalue weighted by molar-refractivity contribution is 0.597. The summed E-state index contributed by atoms with van der Waals surface area (Å²) in [6.07, 6.45) is 2.57. The molecule has 1 heterocycles. The largest absolute Gasteiger partial charge is 0.361 e. The molecule has 0 radical (unpaired) electrons. The maximum atomic E-state index is 13.2. The first-order chi connectivity index (χ1) is 11.4. The minimum Gasteiger partial charge on any atom is -0.361 e. The van der Waals surface area contributed by atoms with E-state index in [1.54, 1.807) is 6.07 Å². The Labute approximate surface area is 163 Å². The SMILES string of the molecule is CCNC(=NCCS(N)(=O)=O)NCCc1c[nH]c2cc(F)ccc12.I. The van der Waals surface area contributed by atoms with Crippen LogP contribution < -0.4 is 15.8 Å². The topological polar surface area (TPSA) is 112 Å². The predicted octanol–water partition coefficient (Wildman–Crippen LogP) is 1.31. The molecule has 140 valence electrons. The second-order valence-electron chi connectivity index (χ2n) is 5.31. The monoisotopic (exact) mass is 483 g/mol. The molecule has 2 rings (SSSR count). The molecule has 0 aliphatic heterocycles. The molecule has 1 aromatic carbocycles. The Hall–Kier alpha value is -1.40. The molecular weight excluding hydrogens is 460 g/mol. The van der Waals surface area contributed by atoms with Crippen LogP contribution >= 0.6 is 24.0 Å². The van der Waals surface area contributed by atoms with Crippen molar-refractivity contribution >= 4 is 50.9 Å². The van der Waals surface area contributed by atoms with Crippen LogP contribution in [0.25, 0.3) is 10.9 Å². The van der Waals surface area contributed by atoms with Gasteiger partial charge in [-0.25, -0.2) is 17.9 Å². The maximum Gasteiger partial charge on any atom is 0.210 e. The number of aliphatic imine (C=N–C) groups is 1. The molecule has 0 aliphatic carbocycles. The van der Waals surface area contributed by atoms with Crippen LogP contribution in [0.4, 0.5) is 4.39 Å². The van der Waals surface area contributed by atoms with Crippen LogP contribution in [0.1, 0.15) is 12.5 Å². The van der Waals surface area contributed by atoms with Gasteiger partial charge in [-0.15, -0.1) is 24.0 Å². The lowest BCUT2D eigenvalue weighted by Crippen LogP contribution is -2.38. The van der Waals surface area contributed by atoms with Gasteiger partial charge in [0.05, 0.1) is 12.3 Å². The molecule has 0 bridgehead atoms. The van der Waals surface area contributed by atoms with E-state index in [1.807, 2.05) is 13.1 Å². The van der Waals surface area contributed by atoms with Gasteiger partial charge in [0.2, 0.25) is 10.0 Å². The van der Waals surface area contributed by atoms with Gasteiger partial charge in [-0.05, 0) is 37.1 Å². The summed E-state index contributed by atoms with van der Waals surface area (Å²) in [6, 6.07) is 4.65. The number of hydrogen-bond donors (Lipinski definition) is 4. The van der Waals surface area contributed by atoms with Crippen molar-refractivity contribution in [2.75, 3.05) is 25.4 Å². The first-order valence-corrected chi connectivity index (χ1v) is 9.39. The number of sulfonamides is 1. The molecule has 10 heteroatoms. The number of nitrogens with one attached hydrogen (secondary N) is 3. The highest BCUT2D eigenvalue weighted by Crippen LogP contribution is 2.19. The van der Waals surface area contributed by atoms with E-state index in [0.717, 1.165) is 16.5 Å². The highest BCUT2D eigenvalue weighted by Gasteiger charge is 2.06. The van der Waals surface area contributed by atoms with Gasteiger partial charge < -0.3 is 15.6 Å². The van der Waals surface area contributed by atoms with Crippen molar-refractivity contribution in [2.45, 2.75) is 13.3 Å². The molecular formula is C15H23FIN5O2S. The third-order valence-electron chi connectivity index (χ3n) is 3.41. The smallest absolute Gasteiger partial charge is 0.210 e. The van der Waals surface area contributed by atoms with Gasteiger partial charge in [0.1, 0.15) is 5.82 Å². The highest BCUT2D eigenvalue weighted by molar-refractivity contribution is 14.0. The van der Waals surface area contributed by atoms with E-state index in [2.05, 4.69) is 20.6 Å². The van der Waals surface area contributed by atoms with Gasteiger partial charge in [-0.1, -0.05) is 0 Å². The van der Waals surface area contributed by atoms with E-state index in [0.29, 0.717) is 25.5 Å². The second kappa shape index (κ2) is 9.92. The van der Waals surface area contributed by atoms with E-state index >= 15 is 0 Å². The molecule has 5 N–H and O–H groups in total. The van der Waals surface area contributed by atoms with Crippen LogP contribution in [0, 0.1) is 5.82 Å². The van der Waals surface area contributed by atoms with Crippen molar-refractivity contribution < 1.29 is 12.8 Å². The number of primary sulfonamides is 1. The number of nitrogens with two attached hydrogens (primary N) is 1. The lowest BCUT2D eigenvalue weighted by atomic mass is 10.1. The average Bonchev–Trinajstić information content (AvgIpc) is 2.88. The summed E-state index contributed by atoms with van der Waals surface area (Å²) in [7, 11) is -3.52. The zero-order valence-electron chi connectivity index (χ0n) is 13.9. The van der Waals surface area contributed by atoms with Gasteiger partial charge in [-0.3, -0.25) is 4.99 Å². The Morgan fingerprint density at radius 2 is 2.12 bits per heavy atom. The molecule has 0 amide bonds. The fourth-order valence-electron chi connectivity index (χ4n) is 2.31. The van der Waals surface area contributed by atoms with Crippen LogP contribution in [0.2, 0.25) is 0 Å². The maximum absolute atomic E-state index is 13.2. The van der Waals surface area contributed by atoms with Crippen LogP contribution in [-0.2, 0) is 16.4 Å². The van der Waals surface area contributed by atoms with Crippen molar-refractivity contribution in [3.8, 4) is 0 Å². The van der Waals surface area contributed by atoms with Crippen LogP contribution in [0.3, 0.4) is 0 Å². The predicted molar refractivity (Wildman–Crippen MR) is 109 cm³/mol. The number of H-pyrrole nitrogens is 1. The Kier molecular flexibility index (Phi) is 8.59. The zero-order valence-corrected chi connectivity index (χ0v) is 17.0. The summed E-state index contributed by atoms with van der Waals surface area (Å²) in [5, 5.41) is 12.1. The number of aromatic amines is 1. The van der Waals surface area contributed by atoms with Crippen LogP contribution in [0.15, 0.2) is 29.4 Å². The minimum absolute atomic E-state index is 0. The molecule has 0 unspecified atom stereocenters. The van der Waals surface area contributed by atoms with Crippen LogP contribution in [0.5, 0.6) is 0 Å². The fraction of sp³-hybridized carbons (Fsp3) is 0.400. The third kappa shape index (κ3) is 7.16. The van der Waals surface area contributed by atoms with Crippen molar-refractivity contribution in [2.24, 2.45) is 10.1 Å². The van der Waals surface area contributed by atoms with Gasteiger partial charge in [0, 0.05) is 30.2 Å². The van der Waals surface area contributed by atoms with Gasteiger partial charge in [0.15, 0.2) is 5.96 Å². The lowest BCUT2D eigenvalue weighted by Gasteiger charge is -2.10. The normalized spacial score (nSPS) is 12.0. The quantitative estimate of drug-likeness (QED) is 0.270. The van der Waals surface area contributed by atoms with Crippen molar-refractivity contribution in [1.29, 1.82) is 0 Å². The molecule has 0 saturated heterocycles. The summed E-state index contributed by atoms with van der Waals surface area (Å²) < 4.78 is 35.0. The van der Waals surface area contributed by atoms with E-state index in [1.165, 1.54) is 12.1 Å². The van der Waals surface area contributed by atoms with E-state index in [4.69, 9.17) is 5.14 Å². The fourth-order valence-corrected chi connectivity index (χ4v) is 2.65. The number of halogens is 2. The number of hydrogen-bond acceptors (Lipinski definition) is 3. The summed E-state index contributed by atoms with van der Waals surface area (Å²) in [6.45, 7) is 3.28. The van der Waals surface area contributed by atoms with Crippen molar-refractivity contribution in [1.82, 2.24) is 15.6 Å². The second-order valence-corrected chi connectivity index (χ2v) is 7.04. The first-order valence-electron chi connectivity index (χ1n) is 7.67. The number of nitrogens with zero attached hydrogens (tertiary/aromatic N) is 1. The molecule has 0 fully saturated rings. The first kappa shape index (κ1) is 21.6. The van der Waals surface area contributed by atoms with Crippen molar-refractivity contribution in [3.05, 3.63) is 35.8 Å². The van der Waals surface area contributed by atoms with Crippen LogP contribution in [-0.4, -0.2) is 44.7 Å². The molecule has 25 heavy (non-hydrogen) atoms. The Morgan fingerprint density at radius 3 is 2.80 bits per heavy atom. The molecule has 0 atom stereocenters. The van der Waals surface area contributed by atoms with Crippen molar-refractivity contribution in [3.63, 3.8) is 0 Å². The summed E-state index contributed by atoms with van der Waals surface area (Å²) in [5.74, 6) is 0.0647. The van der Waals surface area contributed by atoms with Gasteiger partial charge in [-0.2, -0.15) is 0 Å². The number of aromatic nitrogens is 1. The summed E-state index contributed by atoms with van der Waals surface area (Å²) in [4.78, 5) is 7.22. The van der Waals surface area contributed by atoms with E-state index in [9.17, 15) is 12.8 Å². The van der Waals surface area contributed by atoms with E-state index in [-0.39, 0.29) is 42.1 Å². The molecule has 0 aliphatic rings. The molecule has 0 saturated carbocycles. The average molecular weight is 483 g/mol. The third-order valence-corrected chi connectivity index (χ3v) is 4.16. The molecule has 2 aromatic rings. The number of benzene rings is 1. The number of guanidine groups is 1. The Balaban J connectivity index is 0.00000312.